The van der Waals surface area contributed by atoms with Gasteiger partial charge in [-0.25, -0.2) is 8.42 Å². The predicted molar refractivity (Wildman–Crippen MR) is 101 cm³/mol. The molecule has 1 aliphatic heterocycles. The summed E-state index contributed by atoms with van der Waals surface area (Å²) in [6, 6.07) is 7.30. The highest BCUT2D eigenvalue weighted by Gasteiger charge is 2.32. The zero-order valence-electron chi connectivity index (χ0n) is 14.7. The first kappa shape index (κ1) is 19.0. The predicted octanol–water partition coefficient (Wildman–Crippen LogP) is 2.42. The van der Waals surface area contributed by atoms with Crippen molar-refractivity contribution in [2.45, 2.75) is 36.9 Å². The molecule has 0 unspecified atom stereocenters. The van der Waals surface area contributed by atoms with Crippen LogP contribution in [-0.4, -0.2) is 36.7 Å². The summed E-state index contributed by atoms with van der Waals surface area (Å²) < 4.78 is 27.4. The zero-order chi connectivity index (χ0) is 18.6. The molecule has 1 N–H and O–H groups in total. The molecule has 3 heterocycles. The van der Waals surface area contributed by atoms with Crippen molar-refractivity contribution >= 4 is 27.3 Å². The average Bonchev–Trinajstić information content (AvgIpc) is 3.17. The molecule has 1 aliphatic rings. The Morgan fingerprint density at radius 2 is 2.08 bits per heavy atom. The number of thiophene rings is 1. The van der Waals surface area contributed by atoms with Crippen molar-refractivity contribution in [1.29, 1.82) is 0 Å². The number of carbonyl (C=O) groups excluding carboxylic acids is 1. The number of pyridine rings is 1. The maximum atomic E-state index is 12.7. The number of nitrogens with zero attached hydrogens (tertiary/aromatic N) is 2. The third-order valence-electron chi connectivity index (χ3n) is 4.59. The fourth-order valence-corrected chi connectivity index (χ4v) is 5.93. The fraction of sp³-hybridized carbons (Fsp3) is 0.444. The highest BCUT2D eigenvalue weighted by atomic mass is 32.2. The van der Waals surface area contributed by atoms with Crippen LogP contribution in [0.4, 0.5) is 0 Å². The van der Waals surface area contributed by atoms with Gasteiger partial charge in [0.05, 0.1) is 0 Å². The Balaban J connectivity index is 1.54. The maximum absolute atomic E-state index is 12.7. The molecule has 6 nitrogen and oxygen atoms in total. The number of hydrogen-bond donors (Lipinski definition) is 1. The Bertz CT molecular complexity index is 842. The Morgan fingerprint density at radius 1 is 1.31 bits per heavy atom. The number of hydrogen-bond acceptors (Lipinski definition) is 5. The van der Waals surface area contributed by atoms with Crippen molar-refractivity contribution in [1.82, 2.24) is 14.6 Å². The van der Waals surface area contributed by atoms with E-state index in [1.807, 2.05) is 25.1 Å². The van der Waals surface area contributed by atoms with Crippen molar-refractivity contribution in [3.8, 4) is 0 Å². The number of rotatable bonds is 6. The third-order valence-corrected chi connectivity index (χ3v) is 8.19. The van der Waals surface area contributed by atoms with Crippen molar-refractivity contribution in [2.75, 3.05) is 13.1 Å². The standard InChI is InChI=1S/C18H23N3O3S2/c1-2-16-5-6-17(25-16)26(23,24)21-10-7-15(8-11-21)18(22)20-13-14-4-3-9-19-12-14/h3-6,9,12,15H,2,7-8,10-11,13H2,1H3,(H,20,22). The lowest BCUT2D eigenvalue weighted by Gasteiger charge is -2.30. The molecule has 1 saturated heterocycles. The molecule has 0 aliphatic carbocycles. The minimum atomic E-state index is -3.44. The molecular weight excluding hydrogens is 370 g/mol. The van der Waals surface area contributed by atoms with Crippen LogP contribution in [0.15, 0.2) is 40.9 Å². The number of piperidine rings is 1. The van der Waals surface area contributed by atoms with E-state index in [9.17, 15) is 13.2 Å². The molecule has 0 radical (unpaired) electrons. The number of aryl methyl sites for hydroxylation is 1. The van der Waals surface area contributed by atoms with Crippen LogP contribution in [0.1, 0.15) is 30.2 Å². The topological polar surface area (TPSA) is 79.4 Å². The van der Waals surface area contributed by atoms with Gasteiger partial charge in [-0.1, -0.05) is 13.0 Å². The summed E-state index contributed by atoms with van der Waals surface area (Å²) in [5, 5.41) is 2.92. The van der Waals surface area contributed by atoms with Crippen LogP contribution in [-0.2, 0) is 27.8 Å². The average molecular weight is 394 g/mol. The highest BCUT2D eigenvalue weighted by molar-refractivity contribution is 7.91. The van der Waals surface area contributed by atoms with Gasteiger partial charge in [-0.2, -0.15) is 4.31 Å². The van der Waals surface area contributed by atoms with Gasteiger partial charge in [0, 0.05) is 42.8 Å². The summed E-state index contributed by atoms with van der Waals surface area (Å²) in [5.74, 6) is -0.164. The van der Waals surface area contributed by atoms with Gasteiger partial charge in [0.2, 0.25) is 5.91 Å². The van der Waals surface area contributed by atoms with E-state index in [0.29, 0.717) is 36.7 Å². The quantitative estimate of drug-likeness (QED) is 0.817. The Kier molecular flexibility index (Phi) is 6.05. The molecule has 0 spiro atoms. The van der Waals surface area contributed by atoms with E-state index in [-0.39, 0.29) is 11.8 Å². The van der Waals surface area contributed by atoms with E-state index in [1.54, 1.807) is 18.5 Å². The number of sulfonamides is 1. The first-order valence-electron chi connectivity index (χ1n) is 8.76. The van der Waals surface area contributed by atoms with Crippen molar-refractivity contribution in [3.05, 3.63) is 47.1 Å². The zero-order valence-corrected chi connectivity index (χ0v) is 16.4. The van der Waals surface area contributed by atoms with E-state index >= 15 is 0 Å². The van der Waals surface area contributed by atoms with Gasteiger partial charge < -0.3 is 5.32 Å². The Labute approximate surface area is 158 Å². The minimum absolute atomic E-state index is 0.0182. The van der Waals surface area contributed by atoms with Gasteiger partial charge in [-0.05, 0) is 43.0 Å². The summed E-state index contributed by atoms with van der Waals surface area (Å²) in [7, 11) is -3.44. The van der Waals surface area contributed by atoms with Crippen LogP contribution in [0.3, 0.4) is 0 Å². The van der Waals surface area contributed by atoms with Gasteiger partial charge in [0.25, 0.3) is 10.0 Å². The fourth-order valence-electron chi connectivity index (χ4n) is 3.01. The number of amides is 1. The Hall–Kier alpha value is -1.77. The minimum Gasteiger partial charge on any atom is -0.352 e. The molecule has 1 fully saturated rings. The molecule has 0 atom stereocenters. The summed E-state index contributed by atoms with van der Waals surface area (Å²) in [6.07, 6.45) is 5.34. The monoisotopic (exact) mass is 393 g/mol. The summed E-state index contributed by atoms with van der Waals surface area (Å²) in [4.78, 5) is 17.4. The first-order valence-corrected chi connectivity index (χ1v) is 11.0. The van der Waals surface area contributed by atoms with Gasteiger partial charge in [0.1, 0.15) is 4.21 Å². The van der Waals surface area contributed by atoms with Crippen LogP contribution < -0.4 is 5.32 Å². The molecule has 26 heavy (non-hydrogen) atoms. The lowest BCUT2D eigenvalue weighted by Crippen LogP contribution is -2.42. The van der Waals surface area contributed by atoms with E-state index < -0.39 is 10.0 Å². The van der Waals surface area contributed by atoms with Gasteiger partial charge in [0.15, 0.2) is 0 Å². The molecule has 0 saturated carbocycles. The second-order valence-corrected chi connectivity index (χ2v) is 9.66. The van der Waals surface area contributed by atoms with E-state index in [0.717, 1.165) is 16.9 Å². The molecule has 2 aromatic heterocycles. The molecule has 0 bridgehead atoms. The smallest absolute Gasteiger partial charge is 0.252 e. The SMILES string of the molecule is CCc1ccc(S(=O)(=O)N2CCC(C(=O)NCc3cccnc3)CC2)s1. The number of carbonyl (C=O) groups is 1. The second kappa shape index (κ2) is 8.28. The Morgan fingerprint density at radius 3 is 2.69 bits per heavy atom. The maximum Gasteiger partial charge on any atom is 0.252 e. The molecule has 140 valence electrons. The number of aromatic nitrogens is 1. The molecule has 0 aromatic carbocycles. The van der Waals surface area contributed by atoms with E-state index in [2.05, 4.69) is 10.3 Å². The molecule has 1 amide bonds. The van der Waals surface area contributed by atoms with Crippen LogP contribution >= 0.6 is 11.3 Å². The van der Waals surface area contributed by atoms with Crippen molar-refractivity contribution in [3.63, 3.8) is 0 Å². The van der Waals surface area contributed by atoms with Crippen LogP contribution in [0, 0.1) is 5.92 Å². The van der Waals surface area contributed by atoms with Gasteiger partial charge >= 0.3 is 0 Å². The van der Waals surface area contributed by atoms with Gasteiger partial charge in [-0.3, -0.25) is 9.78 Å². The largest absolute Gasteiger partial charge is 0.352 e. The summed E-state index contributed by atoms with van der Waals surface area (Å²) in [6.45, 7) is 3.22. The van der Waals surface area contributed by atoms with Gasteiger partial charge in [-0.15, -0.1) is 11.3 Å². The summed E-state index contributed by atoms with van der Waals surface area (Å²) >= 11 is 1.33. The normalized spacial score (nSPS) is 16.5. The molecular formula is C18H23N3O3S2. The van der Waals surface area contributed by atoms with E-state index in [1.165, 1.54) is 15.6 Å². The molecule has 8 heteroatoms. The second-order valence-electron chi connectivity index (χ2n) is 6.33. The van der Waals surface area contributed by atoms with Crippen molar-refractivity contribution < 1.29 is 13.2 Å². The third kappa shape index (κ3) is 4.31. The van der Waals surface area contributed by atoms with Crippen molar-refractivity contribution in [2.24, 2.45) is 5.92 Å². The summed E-state index contributed by atoms with van der Waals surface area (Å²) in [5.41, 5.74) is 0.949. The van der Waals surface area contributed by atoms with Crippen LogP contribution in [0.5, 0.6) is 0 Å². The number of nitrogens with one attached hydrogen (secondary N) is 1. The van der Waals surface area contributed by atoms with E-state index in [4.69, 9.17) is 0 Å². The lowest BCUT2D eigenvalue weighted by molar-refractivity contribution is -0.126. The highest BCUT2D eigenvalue weighted by Crippen LogP contribution is 2.28. The van der Waals surface area contributed by atoms with Crippen LogP contribution in [0.2, 0.25) is 0 Å². The first-order chi connectivity index (χ1) is 12.5. The lowest BCUT2D eigenvalue weighted by atomic mass is 9.97. The van der Waals surface area contributed by atoms with Crippen LogP contribution in [0.25, 0.3) is 0 Å². The molecule has 3 rings (SSSR count). The molecule has 2 aromatic rings.